The van der Waals surface area contributed by atoms with Gasteiger partial charge in [-0.05, 0) is 32.0 Å². The van der Waals surface area contributed by atoms with Crippen LogP contribution in [0.4, 0.5) is 0 Å². The molecule has 0 radical (unpaired) electrons. The third-order valence-electron chi connectivity index (χ3n) is 3.53. The van der Waals surface area contributed by atoms with Crippen LogP contribution < -0.4 is 15.2 Å². The monoisotopic (exact) mass is 348 g/mol. The highest BCUT2D eigenvalue weighted by molar-refractivity contribution is 7.99. The maximum atomic E-state index is 11.0. The average molecular weight is 348 g/mol. The number of carbonyl (C=O) groups is 1. The summed E-state index contributed by atoms with van der Waals surface area (Å²) in [6, 6.07) is 5.90. The molecule has 1 aliphatic heterocycles. The van der Waals surface area contributed by atoms with E-state index in [4.69, 9.17) is 15.2 Å². The van der Waals surface area contributed by atoms with Gasteiger partial charge in [-0.25, -0.2) is 0 Å². The summed E-state index contributed by atoms with van der Waals surface area (Å²) in [5, 5.41) is 9.19. The molecule has 2 N–H and O–H groups in total. The molecule has 0 saturated heterocycles. The number of fused-ring (bicyclic) bond motifs is 1. The lowest BCUT2D eigenvalue weighted by Gasteiger charge is -2.14. The number of rotatable bonds is 5. The lowest BCUT2D eigenvalue weighted by Crippen LogP contribution is -2.14. The van der Waals surface area contributed by atoms with Crippen molar-refractivity contribution in [2.45, 2.75) is 31.5 Å². The number of amides is 1. The normalized spacial score (nSPS) is 13.8. The largest absolute Gasteiger partial charge is 0.490 e. The maximum Gasteiger partial charge on any atom is 0.227 e. The molecule has 24 heavy (non-hydrogen) atoms. The molecule has 1 aliphatic rings. The van der Waals surface area contributed by atoms with Gasteiger partial charge in [-0.2, -0.15) is 0 Å². The van der Waals surface area contributed by atoms with Crippen LogP contribution in [0.1, 0.15) is 26.3 Å². The Morgan fingerprint density at radius 2 is 2.04 bits per heavy atom. The summed E-state index contributed by atoms with van der Waals surface area (Å²) in [6.07, 6.45) is 0.861. The minimum absolute atomic E-state index is 0.140. The highest BCUT2D eigenvalue weighted by atomic mass is 32.2. The van der Waals surface area contributed by atoms with Gasteiger partial charge in [0.05, 0.1) is 19.0 Å². The number of hydrogen-bond acceptors (Lipinski definition) is 6. The molecule has 7 nitrogen and oxygen atoms in total. The van der Waals surface area contributed by atoms with Crippen molar-refractivity contribution >= 4 is 17.7 Å². The number of aromatic nitrogens is 3. The average Bonchev–Trinajstić information content (AvgIpc) is 2.83. The highest BCUT2D eigenvalue weighted by Crippen LogP contribution is 2.35. The van der Waals surface area contributed by atoms with E-state index < -0.39 is 0 Å². The summed E-state index contributed by atoms with van der Waals surface area (Å²) < 4.78 is 13.4. The van der Waals surface area contributed by atoms with Gasteiger partial charge in [-0.15, -0.1) is 10.2 Å². The van der Waals surface area contributed by atoms with Crippen LogP contribution in [-0.2, 0) is 4.79 Å². The van der Waals surface area contributed by atoms with E-state index in [2.05, 4.69) is 10.2 Å². The summed E-state index contributed by atoms with van der Waals surface area (Å²) in [5.74, 6) is 1.99. The predicted octanol–water partition coefficient (Wildman–Crippen LogP) is 2.26. The van der Waals surface area contributed by atoms with Gasteiger partial charge in [0.25, 0.3) is 0 Å². The Labute approximate surface area is 144 Å². The van der Waals surface area contributed by atoms with Gasteiger partial charge in [0.1, 0.15) is 0 Å². The first-order chi connectivity index (χ1) is 11.6. The van der Waals surface area contributed by atoms with E-state index in [-0.39, 0.29) is 17.7 Å². The number of nitrogens with two attached hydrogens (primary N) is 1. The van der Waals surface area contributed by atoms with Gasteiger partial charge in [-0.1, -0.05) is 11.8 Å². The Bertz CT molecular complexity index is 745. The Balaban J connectivity index is 1.97. The zero-order chi connectivity index (χ0) is 17.1. The molecular weight excluding hydrogens is 328 g/mol. The van der Waals surface area contributed by atoms with E-state index in [1.165, 1.54) is 11.8 Å². The van der Waals surface area contributed by atoms with Crippen molar-refractivity contribution in [2.75, 3.05) is 19.0 Å². The first-order valence-electron chi connectivity index (χ1n) is 7.82. The zero-order valence-corrected chi connectivity index (χ0v) is 14.5. The van der Waals surface area contributed by atoms with Crippen LogP contribution in [0.5, 0.6) is 11.5 Å². The molecule has 1 aromatic heterocycles. The van der Waals surface area contributed by atoms with Crippen LogP contribution in [0.2, 0.25) is 0 Å². The summed E-state index contributed by atoms with van der Waals surface area (Å²) in [4.78, 5) is 11.0. The zero-order valence-electron chi connectivity index (χ0n) is 13.7. The number of thioether (sulfide) groups is 1. The van der Waals surface area contributed by atoms with Gasteiger partial charge in [0.15, 0.2) is 22.5 Å². The Hall–Kier alpha value is -2.22. The lowest BCUT2D eigenvalue weighted by atomic mass is 10.2. The molecule has 0 atom stereocenters. The minimum atomic E-state index is -0.379. The molecule has 2 heterocycles. The SMILES string of the molecule is CC(C)n1c(SCC(N)=O)nnc1-c1ccc2c(c1)OCCCO2. The second kappa shape index (κ2) is 7.12. The fourth-order valence-electron chi connectivity index (χ4n) is 2.48. The lowest BCUT2D eigenvalue weighted by molar-refractivity contribution is -0.115. The predicted molar refractivity (Wildman–Crippen MR) is 91.4 cm³/mol. The van der Waals surface area contributed by atoms with Crippen LogP contribution in [0, 0.1) is 0 Å². The van der Waals surface area contributed by atoms with Gasteiger partial charge >= 0.3 is 0 Å². The van der Waals surface area contributed by atoms with Gasteiger partial charge < -0.3 is 15.2 Å². The molecule has 8 heteroatoms. The van der Waals surface area contributed by atoms with E-state index in [9.17, 15) is 4.79 Å². The van der Waals surface area contributed by atoms with Crippen molar-refractivity contribution in [3.05, 3.63) is 18.2 Å². The van der Waals surface area contributed by atoms with Crippen molar-refractivity contribution in [3.63, 3.8) is 0 Å². The minimum Gasteiger partial charge on any atom is -0.490 e. The standard InChI is InChI=1S/C16H20N4O3S/c1-10(2)20-15(18-19-16(20)24-9-14(17)21)11-4-5-12-13(8-11)23-7-3-6-22-12/h4-5,8,10H,3,6-7,9H2,1-2H3,(H2,17,21). The van der Waals surface area contributed by atoms with Crippen molar-refractivity contribution in [3.8, 4) is 22.9 Å². The molecule has 0 saturated carbocycles. The van der Waals surface area contributed by atoms with Crippen LogP contribution in [0.15, 0.2) is 23.4 Å². The Kier molecular flexibility index (Phi) is 4.94. The maximum absolute atomic E-state index is 11.0. The van der Waals surface area contributed by atoms with Crippen molar-refractivity contribution < 1.29 is 14.3 Å². The van der Waals surface area contributed by atoms with Crippen LogP contribution >= 0.6 is 11.8 Å². The van der Waals surface area contributed by atoms with E-state index in [0.29, 0.717) is 18.4 Å². The van der Waals surface area contributed by atoms with Gasteiger partial charge in [0, 0.05) is 18.0 Å². The van der Waals surface area contributed by atoms with Crippen LogP contribution in [0.25, 0.3) is 11.4 Å². The van der Waals surface area contributed by atoms with Gasteiger partial charge in [0.2, 0.25) is 5.91 Å². The molecule has 1 amide bonds. The molecule has 0 spiro atoms. The summed E-state index contributed by atoms with van der Waals surface area (Å²) in [5.41, 5.74) is 6.12. The first kappa shape index (κ1) is 16.6. The smallest absolute Gasteiger partial charge is 0.227 e. The molecule has 2 aromatic rings. The molecule has 1 aromatic carbocycles. The van der Waals surface area contributed by atoms with Crippen molar-refractivity contribution in [1.29, 1.82) is 0 Å². The number of benzene rings is 1. The number of carbonyl (C=O) groups excluding carboxylic acids is 1. The number of hydrogen-bond donors (Lipinski definition) is 1. The number of primary amides is 1. The van der Waals surface area contributed by atoms with Crippen molar-refractivity contribution in [1.82, 2.24) is 14.8 Å². The highest BCUT2D eigenvalue weighted by Gasteiger charge is 2.19. The first-order valence-corrected chi connectivity index (χ1v) is 8.81. The van der Waals surface area contributed by atoms with E-state index in [1.54, 1.807) is 0 Å². The fraction of sp³-hybridized carbons (Fsp3) is 0.438. The topological polar surface area (TPSA) is 92.3 Å². The summed E-state index contributed by atoms with van der Waals surface area (Å²) in [7, 11) is 0. The summed E-state index contributed by atoms with van der Waals surface area (Å²) in [6.45, 7) is 5.38. The van der Waals surface area contributed by atoms with Gasteiger partial charge in [-0.3, -0.25) is 9.36 Å². The third kappa shape index (κ3) is 3.48. The quantitative estimate of drug-likeness (QED) is 0.833. The summed E-state index contributed by atoms with van der Waals surface area (Å²) >= 11 is 1.29. The second-order valence-corrected chi connectivity index (χ2v) is 6.68. The molecule has 0 fully saturated rings. The van der Waals surface area contributed by atoms with E-state index >= 15 is 0 Å². The Morgan fingerprint density at radius 3 is 2.75 bits per heavy atom. The molecular formula is C16H20N4O3S. The third-order valence-corrected chi connectivity index (χ3v) is 4.50. The number of ether oxygens (including phenoxy) is 2. The number of nitrogens with zero attached hydrogens (tertiary/aromatic N) is 3. The molecule has 0 bridgehead atoms. The fourth-order valence-corrected chi connectivity index (χ4v) is 3.28. The second-order valence-electron chi connectivity index (χ2n) is 5.74. The Morgan fingerprint density at radius 1 is 1.29 bits per heavy atom. The van der Waals surface area contributed by atoms with Crippen molar-refractivity contribution in [2.24, 2.45) is 5.73 Å². The molecule has 3 rings (SSSR count). The molecule has 0 aliphatic carbocycles. The van der Waals surface area contributed by atoms with Crippen LogP contribution in [-0.4, -0.2) is 39.6 Å². The van der Waals surface area contributed by atoms with E-state index in [1.807, 2.05) is 36.6 Å². The van der Waals surface area contributed by atoms with E-state index in [0.717, 1.165) is 29.3 Å². The van der Waals surface area contributed by atoms with Crippen LogP contribution in [0.3, 0.4) is 0 Å². The molecule has 128 valence electrons. The molecule has 0 unspecified atom stereocenters.